The Hall–Kier alpha value is -1.58. The van der Waals surface area contributed by atoms with Crippen LogP contribution in [0.4, 0.5) is 13.2 Å². The lowest BCUT2D eigenvalue weighted by Gasteiger charge is -2.06. The minimum absolute atomic E-state index is 0.340. The Morgan fingerprint density at radius 1 is 1.27 bits per heavy atom. The van der Waals surface area contributed by atoms with Crippen molar-refractivity contribution in [2.24, 2.45) is 0 Å². The summed E-state index contributed by atoms with van der Waals surface area (Å²) in [5, 5.41) is 0.669. The van der Waals surface area contributed by atoms with Crippen LogP contribution in [-0.4, -0.2) is 4.98 Å². The number of benzene rings is 1. The van der Waals surface area contributed by atoms with Crippen LogP contribution in [0.1, 0.15) is 11.3 Å². The van der Waals surface area contributed by atoms with Gasteiger partial charge in [-0.3, -0.25) is 0 Å². The van der Waals surface area contributed by atoms with Gasteiger partial charge in [-0.05, 0) is 25.1 Å². The minimum atomic E-state index is -4.43. The molecule has 1 nitrogen and oxygen atoms in total. The molecule has 0 bridgehead atoms. The Kier molecular flexibility index (Phi) is 2.14. The monoisotopic (exact) mass is 210 g/mol. The fourth-order valence-corrected chi connectivity index (χ4v) is 1.34. The summed E-state index contributed by atoms with van der Waals surface area (Å²) in [6.45, 7) is 1.87. The fraction of sp³-hybridized carbons (Fsp3) is 0.182. The summed E-state index contributed by atoms with van der Waals surface area (Å²) in [6, 6.07) is 8.55. The SMILES string of the molecule is Cc1ccc2nc(C(F)(F)F)[c]cc2c1. The van der Waals surface area contributed by atoms with E-state index >= 15 is 0 Å². The van der Waals surface area contributed by atoms with Crippen molar-refractivity contribution in [3.63, 3.8) is 0 Å². The van der Waals surface area contributed by atoms with Gasteiger partial charge in [0, 0.05) is 11.5 Å². The van der Waals surface area contributed by atoms with Gasteiger partial charge in [0.25, 0.3) is 0 Å². The number of pyridine rings is 1. The maximum Gasteiger partial charge on any atom is 0.433 e. The third-order valence-corrected chi connectivity index (χ3v) is 2.05. The van der Waals surface area contributed by atoms with E-state index in [0.717, 1.165) is 5.56 Å². The second-order valence-electron chi connectivity index (χ2n) is 3.31. The normalized spacial score (nSPS) is 12.0. The molecule has 4 heteroatoms. The highest BCUT2D eigenvalue weighted by Gasteiger charge is 2.32. The lowest BCUT2D eigenvalue weighted by molar-refractivity contribution is -0.141. The molecule has 0 saturated heterocycles. The highest BCUT2D eigenvalue weighted by molar-refractivity contribution is 5.79. The molecule has 0 aliphatic heterocycles. The van der Waals surface area contributed by atoms with Gasteiger partial charge in [-0.25, -0.2) is 4.98 Å². The van der Waals surface area contributed by atoms with Gasteiger partial charge in [-0.15, -0.1) is 0 Å². The lowest BCUT2D eigenvalue weighted by Crippen LogP contribution is -2.07. The summed E-state index contributed by atoms with van der Waals surface area (Å²) >= 11 is 0. The molecular weight excluding hydrogens is 203 g/mol. The maximum absolute atomic E-state index is 12.3. The molecule has 0 unspecified atom stereocenters. The van der Waals surface area contributed by atoms with E-state index in [1.807, 2.05) is 6.92 Å². The van der Waals surface area contributed by atoms with Gasteiger partial charge < -0.3 is 0 Å². The van der Waals surface area contributed by atoms with Gasteiger partial charge in [-0.1, -0.05) is 11.6 Å². The molecule has 0 saturated carbocycles. The summed E-state index contributed by atoms with van der Waals surface area (Å²) in [5.74, 6) is 0. The Labute approximate surface area is 84.6 Å². The molecule has 1 aromatic heterocycles. The van der Waals surface area contributed by atoms with Gasteiger partial charge in [-0.2, -0.15) is 13.2 Å². The Morgan fingerprint density at radius 2 is 2.00 bits per heavy atom. The zero-order chi connectivity index (χ0) is 11.1. The first-order valence-corrected chi connectivity index (χ1v) is 4.33. The van der Waals surface area contributed by atoms with Crippen LogP contribution in [0.25, 0.3) is 10.9 Å². The van der Waals surface area contributed by atoms with E-state index in [1.165, 1.54) is 6.07 Å². The van der Waals surface area contributed by atoms with E-state index in [0.29, 0.717) is 10.9 Å². The number of aryl methyl sites for hydroxylation is 1. The average molecular weight is 210 g/mol. The van der Waals surface area contributed by atoms with Crippen LogP contribution in [0.15, 0.2) is 24.3 Å². The second kappa shape index (κ2) is 3.22. The summed E-state index contributed by atoms with van der Waals surface area (Å²) in [5.41, 5.74) is 0.350. The van der Waals surface area contributed by atoms with E-state index in [4.69, 9.17) is 0 Å². The largest absolute Gasteiger partial charge is 0.433 e. The number of nitrogens with zero attached hydrogens (tertiary/aromatic N) is 1. The lowest BCUT2D eigenvalue weighted by atomic mass is 10.1. The van der Waals surface area contributed by atoms with Gasteiger partial charge in [0.2, 0.25) is 0 Å². The summed E-state index contributed by atoms with van der Waals surface area (Å²) in [6.07, 6.45) is -4.43. The molecule has 0 spiro atoms. The standard InChI is InChI=1S/C11H7F3N/c1-7-2-4-9-8(6-7)3-5-10(15-9)11(12,13)14/h2-4,6H,1H3. The summed E-state index contributed by atoms with van der Waals surface area (Å²) < 4.78 is 36.9. The summed E-state index contributed by atoms with van der Waals surface area (Å²) in [4.78, 5) is 3.51. The van der Waals surface area contributed by atoms with E-state index in [1.54, 1.807) is 18.2 Å². The van der Waals surface area contributed by atoms with Gasteiger partial charge in [0.05, 0.1) is 5.52 Å². The molecule has 2 rings (SSSR count). The van der Waals surface area contributed by atoms with Gasteiger partial charge in [0.1, 0.15) is 0 Å². The second-order valence-corrected chi connectivity index (χ2v) is 3.31. The number of fused-ring (bicyclic) bond motifs is 1. The van der Waals surface area contributed by atoms with Crippen LogP contribution in [0, 0.1) is 13.0 Å². The first kappa shape index (κ1) is 9.96. The van der Waals surface area contributed by atoms with Crippen molar-refractivity contribution in [2.45, 2.75) is 13.1 Å². The molecule has 2 aromatic rings. The third kappa shape index (κ3) is 1.93. The first-order valence-electron chi connectivity index (χ1n) is 4.33. The highest BCUT2D eigenvalue weighted by atomic mass is 19.4. The number of halogens is 3. The van der Waals surface area contributed by atoms with E-state index in [9.17, 15) is 13.2 Å². The van der Waals surface area contributed by atoms with Crippen LogP contribution >= 0.6 is 0 Å². The first-order chi connectivity index (χ1) is 6.97. The molecule has 1 radical (unpaired) electrons. The Balaban J connectivity index is 2.62. The highest BCUT2D eigenvalue weighted by Crippen LogP contribution is 2.28. The third-order valence-electron chi connectivity index (χ3n) is 2.05. The molecule has 1 aromatic carbocycles. The minimum Gasteiger partial charge on any atom is -0.243 e. The molecule has 0 fully saturated rings. The average Bonchev–Trinajstić information content (AvgIpc) is 2.15. The number of hydrogen-bond donors (Lipinski definition) is 0. The molecule has 0 amide bonds. The maximum atomic E-state index is 12.3. The number of aromatic nitrogens is 1. The van der Waals surface area contributed by atoms with Crippen LogP contribution in [0.3, 0.4) is 0 Å². The van der Waals surface area contributed by atoms with Crippen molar-refractivity contribution < 1.29 is 13.2 Å². The number of rotatable bonds is 0. The Morgan fingerprint density at radius 3 is 2.67 bits per heavy atom. The van der Waals surface area contributed by atoms with E-state index in [-0.39, 0.29) is 0 Å². The molecule has 0 aliphatic rings. The van der Waals surface area contributed by atoms with Crippen molar-refractivity contribution in [1.29, 1.82) is 0 Å². The zero-order valence-corrected chi connectivity index (χ0v) is 7.89. The fourth-order valence-electron chi connectivity index (χ4n) is 1.34. The van der Waals surface area contributed by atoms with Crippen LogP contribution in [0.2, 0.25) is 0 Å². The molecule has 0 N–H and O–H groups in total. The van der Waals surface area contributed by atoms with Crippen LogP contribution in [0.5, 0.6) is 0 Å². The zero-order valence-electron chi connectivity index (χ0n) is 7.89. The van der Waals surface area contributed by atoms with Crippen molar-refractivity contribution in [3.8, 4) is 0 Å². The van der Waals surface area contributed by atoms with Crippen molar-refractivity contribution in [3.05, 3.63) is 41.6 Å². The smallest absolute Gasteiger partial charge is 0.243 e. The predicted molar refractivity (Wildman–Crippen MR) is 50.3 cm³/mol. The van der Waals surface area contributed by atoms with Gasteiger partial charge in [0.15, 0.2) is 5.69 Å². The molecule has 1 heterocycles. The van der Waals surface area contributed by atoms with Crippen LogP contribution in [-0.2, 0) is 6.18 Å². The van der Waals surface area contributed by atoms with Crippen molar-refractivity contribution in [1.82, 2.24) is 4.98 Å². The quantitative estimate of drug-likeness (QED) is 0.649. The van der Waals surface area contributed by atoms with Crippen molar-refractivity contribution in [2.75, 3.05) is 0 Å². The summed E-state index contributed by atoms with van der Waals surface area (Å²) in [7, 11) is 0. The topological polar surface area (TPSA) is 12.9 Å². The number of hydrogen-bond acceptors (Lipinski definition) is 1. The van der Waals surface area contributed by atoms with Crippen molar-refractivity contribution >= 4 is 10.9 Å². The van der Waals surface area contributed by atoms with Crippen LogP contribution < -0.4 is 0 Å². The Bertz CT molecular complexity index is 503. The molecule has 77 valence electrons. The predicted octanol–water partition coefficient (Wildman–Crippen LogP) is 3.36. The molecule has 15 heavy (non-hydrogen) atoms. The molecule has 0 aliphatic carbocycles. The molecular formula is C11H7F3N. The van der Waals surface area contributed by atoms with E-state index < -0.39 is 11.9 Å². The van der Waals surface area contributed by atoms with Gasteiger partial charge >= 0.3 is 6.18 Å². The number of alkyl halides is 3. The molecule has 0 atom stereocenters. The van der Waals surface area contributed by atoms with E-state index in [2.05, 4.69) is 11.1 Å².